The van der Waals surface area contributed by atoms with Gasteiger partial charge in [-0.1, -0.05) is 24.3 Å². The predicted octanol–water partition coefficient (Wildman–Crippen LogP) is 3.27. The van der Waals surface area contributed by atoms with Crippen molar-refractivity contribution >= 4 is 21.2 Å². The number of nitrogens with one attached hydrogen (secondary N) is 1. The summed E-state index contributed by atoms with van der Waals surface area (Å²) in [6.45, 7) is 4.13. The molecule has 24 heavy (non-hydrogen) atoms. The summed E-state index contributed by atoms with van der Waals surface area (Å²) in [7, 11) is -3.30. The molecule has 2 aromatic carbocycles. The summed E-state index contributed by atoms with van der Waals surface area (Å²) in [5.41, 5.74) is 3.10. The van der Waals surface area contributed by atoms with Gasteiger partial charge in [-0.15, -0.1) is 0 Å². The number of benzene rings is 2. The maximum atomic E-state index is 11.8. The molecule has 6 nitrogen and oxygen atoms in total. The molecule has 0 aliphatic rings. The van der Waals surface area contributed by atoms with Crippen LogP contribution in [-0.4, -0.2) is 26.1 Å². The van der Waals surface area contributed by atoms with E-state index in [9.17, 15) is 18.5 Å². The molecule has 0 atom stereocenters. The fourth-order valence-electron chi connectivity index (χ4n) is 2.65. The monoisotopic (exact) mass is 348 g/mol. The molecule has 128 valence electrons. The second kappa shape index (κ2) is 7.00. The molecule has 0 bridgehead atoms. The maximum absolute atomic E-state index is 11.8. The molecule has 0 aliphatic heterocycles. The van der Waals surface area contributed by atoms with E-state index in [4.69, 9.17) is 0 Å². The lowest BCUT2D eigenvalue weighted by atomic mass is 10.1. The molecule has 0 saturated carbocycles. The maximum Gasteiger partial charge on any atom is 0.272 e. The van der Waals surface area contributed by atoms with Crippen LogP contribution in [0.3, 0.4) is 0 Å². The SMILES string of the molecule is Cc1cc(C)c(S(C)(=O)=O)cc1NCCc1ccccc1[N+](=O)[O-]. The third-order valence-corrected chi connectivity index (χ3v) is 5.06. The number of nitro groups is 1. The Labute approximate surface area is 141 Å². The van der Waals surface area contributed by atoms with Gasteiger partial charge in [0.05, 0.1) is 9.82 Å². The van der Waals surface area contributed by atoms with Crippen LogP contribution in [0, 0.1) is 24.0 Å². The van der Waals surface area contributed by atoms with Crippen LogP contribution in [0.1, 0.15) is 16.7 Å². The van der Waals surface area contributed by atoms with Crippen LogP contribution in [0.5, 0.6) is 0 Å². The Bertz CT molecular complexity index is 876. The van der Waals surface area contributed by atoms with E-state index in [1.165, 1.54) is 12.3 Å². The van der Waals surface area contributed by atoms with Crippen LogP contribution in [0.25, 0.3) is 0 Å². The first-order chi connectivity index (χ1) is 11.2. The van der Waals surface area contributed by atoms with Gasteiger partial charge in [0.1, 0.15) is 0 Å². The molecule has 0 spiro atoms. The van der Waals surface area contributed by atoms with E-state index in [0.717, 1.165) is 11.3 Å². The average molecular weight is 348 g/mol. The lowest BCUT2D eigenvalue weighted by Gasteiger charge is -2.13. The van der Waals surface area contributed by atoms with E-state index in [0.29, 0.717) is 29.0 Å². The third kappa shape index (κ3) is 4.11. The van der Waals surface area contributed by atoms with Gasteiger partial charge in [-0.2, -0.15) is 0 Å². The van der Waals surface area contributed by atoms with Gasteiger partial charge >= 0.3 is 0 Å². The number of nitro benzene ring substituents is 1. The standard InChI is InChI=1S/C17H20N2O4S/c1-12-10-13(2)17(24(3,22)23)11-15(12)18-9-8-14-6-4-5-7-16(14)19(20)21/h4-7,10-11,18H,8-9H2,1-3H3. The molecule has 0 radical (unpaired) electrons. The minimum atomic E-state index is -3.30. The number of nitrogens with zero attached hydrogens (tertiary/aromatic N) is 1. The molecule has 2 aromatic rings. The topological polar surface area (TPSA) is 89.3 Å². The van der Waals surface area contributed by atoms with Crippen molar-refractivity contribution in [3.8, 4) is 0 Å². The van der Waals surface area contributed by atoms with Gasteiger partial charge in [0.25, 0.3) is 5.69 Å². The Hall–Kier alpha value is -2.41. The van der Waals surface area contributed by atoms with Crippen molar-refractivity contribution in [3.05, 3.63) is 63.2 Å². The number of hydrogen-bond acceptors (Lipinski definition) is 5. The molecule has 7 heteroatoms. The highest BCUT2D eigenvalue weighted by molar-refractivity contribution is 7.90. The fourth-order valence-corrected chi connectivity index (χ4v) is 3.63. The number of anilines is 1. The zero-order valence-corrected chi connectivity index (χ0v) is 14.7. The van der Waals surface area contributed by atoms with Crippen molar-refractivity contribution in [1.82, 2.24) is 0 Å². The minimum absolute atomic E-state index is 0.0942. The van der Waals surface area contributed by atoms with Crippen molar-refractivity contribution in [2.24, 2.45) is 0 Å². The van der Waals surface area contributed by atoms with Gasteiger partial charge in [-0.25, -0.2) is 8.42 Å². The molecule has 0 aliphatic carbocycles. The van der Waals surface area contributed by atoms with Crippen molar-refractivity contribution in [3.63, 3.8) is 0 Å². The lowest BCUT2D eigenvalue weighted by molar-refractivity contribution is -0.385. The van der Waals surface area contributed by atoms with Crippen LogP contribution >= 0.6 is 0 Å². The van der Waals surface area contributed by atoms with E-state index >= 15 is 0 Å². The van der Waals surface area contributed by atoms with Gasteiger partial charge in [0, 0.05) is 30.1 Å². The molecule has 0 unspecified atom stereocenters. The molecule has 1 N–H and O–H groups in total. The van der Waals surface area contributed by atoms with Crippen LogP contribution in [0.4, 0.5) is 11.4 Å². The highest BCUT2D eigenvalue weighted by atomic mass is 32.2. The number of sulfone groups is 1. The summed E-state index contributed by atoms with van der Waals surface area (Å²) in [4.78, 5) is 10.9. The molecule has 0 aromatic heterocycles. The van der Waals surface area contributed by atoms with Crippen LogP contribution in [0.15, 0.2) is 41.3 Å². The highest BCUT2D eigenvalue weighted by Gasteiger charge is 2.14. The summed E-state index contributed by atoms with van der Waals surface area (Å²) in [5.74, 6) is 0. The van der Waals surface area contributed by atoms with Crippen molar-refractivity contribution in [2.75, 3.05) is 18.1 Å². The normalized spacial score (nSPS) is 11.3. The smallest absolute Gasteiger partial charge is 0.272 e. The van der Waals surface area contributed by atoms with E-state index in [1.54, 1.807) is 31.2 Å². The fraction of sp³-hybridized carbons (Fsp3) is 0.294. The largest absolute Gasteiger partial charge is 0.384 e. The average Bonchev–Trinajstić information content (AvgIpc) is 2.48. The second-order valence-corrected chi connectivity index (χ2v) is 7.75. The molecule has 0 saturated heterocycles. The van der Waals surface area contributed by atoms with Crippen molar-refractivity contribution in [2.45, 2.75) is 25.2 Å². The molecular weight excluding hydrogens is 328 g/mol. The third-order valence-electron chi connectivity index (χ3n) is 3.82. The van der Waals surface area contributed by atoms with Gasteiger partial charge in [0.15, 0.2) is 9.84 Å². The Balaban J connectivity index is 2.18. The van der Waals surface area contributed by atoms with Crippen LogP contribution in [0.2, 0.25) is 0 Å². The zero-order valence-electron chi connectivity index (χ0n) is 13.9. The summed E-state index contributed by atoms with van der Waals surface area (Å²) in [6, 6.07) is 10.1. The first kappa shape index (κ1) is 17.9. The van der Waals surface area contributed by atoms with Gasteiger partial charge in [0.2, 0.25) is 0 Å². The number of hydrogen-bond donors (Lipinski definition) is 1. The second-order valence-electron chi connectivity index (χ2n) is 5.77. The number of aryl methyl sites for hydroxylation is 2. The summed E-state index contributed by atoms with van der Waals surface area (Å²) >= 11 is 0. The molecule has 0 fully saturated rings. The quantitative estimate of drug-likeness (QED) is 0.639. The Kier molecular flexibility index (Phi) is 5.23. The van der Waals surface area contributed by atoms with Gasteiger partial charge in [-0.05, 0) is 37.5 Å². The highest BCUT2D eigenvalue weighted by Crippen LogP contribution is 2.25. The summed E-state index contributed by atoms with van der Waals surface area (Å²) in [6.07, 6.45) is 1.65. The summed E-state index contributed by atoms with van der Waals surface area (Å²) < 4.78 is 23.7. The minimum Gasteiger partial charge on any atom is -0.384 e. The predicted molar refractivity (Wildman–Crippen MR) is 94.3 cm³/mol. The van der Waals surface area contributed by atoms with Crippen LogP contribution < -0.4 is 5.32 Å². The van der Waals surface area contributed by atoms with Crippen molar-refractivity contribution < 1.29 is 13.3 Å². The van der Waals surface area contributed by atoms with Gasteiger partial charge in [-0.3, -0.25) is 10.1 Å². The molecule has 2 rings (SSSR count). The van der Waals surface area contributed by atoms with Crippen LogP contribution in [-0.2, 0) is 16.3 Å². The Morgan fingerprint density at radius 1 is 1.12 bits per heavy atom. The molecule has 0 heterocycles. The molecular formula is C17H20N2O4S. The lowest BCUT2D eigenvalue weighted by Crippen LogP contribution is -2.09. The Morgan fingerprint density at radius 3 is 2.42 bits per heavy atom. The first-order valence-corrected chi connectivity index (χ1v) is 9.37. The van der Waals surface area contributed by atoms with Crippen molar-refractivity contribution in [1.29, 1.82) is 0 Å². The summed E-state index contributed by atoms with van der Waals surface area (Å²) in [5, 5.41) is 14.2. The Morgan fingerprint density at radius 2 is 1.79 bits per heavy atom. The van der Waals surface area contributed by atoms with E-state index in [-0.39, 0.29) is 5.69 Å². The number of rotatable bonds is 6. The van der Waals surface area contributed by atoms with E-state index < -0.39 is 14.8 Å². The number of para-hydroxylation sites is 1. The van der Waals surface area contributed by atoms with E-state index in [2.05, 4.69) is 5.32 Å². The molecule has 0 amide bonds. The zero-order chi connectivity index (χ0) is 17.9. The first-order valence-electron chi connectivity index (χ1n) is 7.47. The van der Waals surface area contributed by atoms with E-state index in [1.807, 2.05) is 13.0 Å². The van der Waals surface area contributed by atoms with Gasteiger partial charge < -0.3 is 5.32 Å².